The fourth-order valence-electron chi connectivity index (χ4n) is 1.74. The summed E-state index contributed by atoms with van der Waals surface area (Å²) in [6, 6.07) is 0. The second kappa shape index (κ2) is 4.41. The molecule has 0 aliphatic rings. The van der Waals surface area contributed by atoms with Gasteiger partial charge < -0.3 is 4.98 Å². The molecule has 0 amide bonds. The molecule has 0 aromatic carbocycles. The Hall–Kier alpha value is -1.77. The number of aromatic nitrogens is 4. The number of alkyl halides is 3. The Balaban J connectivity index is 2.88. The van der Waals surface area contributed by atoms with Crippen LogP contribution in [0.4, 0.5) is 13.2 Å². The van der Waals surface area contributed by atoms with Gasteiger partial charge in [-0.3, -0.25) is 13.9 Å². The minimum atomic E-state index is -4.61. The molecule has 2 heterocycles. The Morgan fingerprint density at radius 2 is 1.95 bits per heavy atom. The molecule has 0 unspecified atom stereocenters. The zero-order valence-corrected chi connectivity index (χ0v) is 10.3. The first-order valence-corrected chi connectivity index (χ1v) is 5.58. The molecular weight excluding hydrogens is 289 g/mol. The molecular formula is C9H8ClF3N4O2. The normalized spacial score (nSPS) is 12.3. The van der Waals surface area contributed by atoms with Crippen LogP contribution in [0.2, 0.25) is 5.28 Å². The maximum absolute atomic E-state index is 12.5. The van der Waals surface area contributed by atoms with Gasteiger partial charge in [0, 0.05) is 6.54 Å². The van der Waals surface area contributed by atoms with Gasteiger partial charge in [0.2, 0.25) is 5.28 Å². The van der Waals surface area contributed by atoms with Gasteiger partial charge in [-0.15, -0.1) is 0 Å². The average Bonchev–Trinajstić information content (AvgIpc) is 2.66. The van der Waals surface area contributed by atoms with Gasteiger partial charge in [-0.05, 0) is 18.5 Å². The summed E-state index contributed by atoms with van der Waals surface area (Å²) >= 11 is 5.53. The molecule has 1 N–H and O–H groups in total. The predicted molar refractivity (Wildman–Crippen MR) is 61.4 cm³/mol. The molecule has 10 heteroatoms. The van der Waals surface area contributed by atoms with Crippen molar-refractivity contribution >= 4 is 22.8 Å². The zero-order chi connectivity index (χ0) is 14.4. The zero-order valence-electron chi connectivity index (χ0n) is 9.58. The first kappa shape index (κ1) is 13.7. The van der Waals surface area contributed by atoms with Crippen LogP contribution in [-0.2, 0) is 13.1 Å². The standard InChI is InChI=1S/C9H8ClF3N4O2/c1-2-16-6(18)4-5(15-7(10)14-4)17(8(16)19)3-9(11,12)13/h2-3H2,1H3,(H,14,15). The van der Waals surface area contributed by atoms with Crippen LogP contribution in [0.5, 0.6) is 0 Å². The lowest BCUT2D eigenvalue weighted by Crippen LogP contribution is -2.41. The number of fused-ring (bicyclic) bond motifs is 1. The lowest BCUT2D eigenvalue weighted by atomic mass is 10.4. The number of rotatable bonds is 2. The maximum Gasteiger partial charge on any atom is 0.406 e. The van der Waals surface area contributed by atoms with Crippen molar-refractivity contribution in [3.8, 4) is 0 Å². The van der Waals surface area contributed by atoms with Crippen molar-refractivity contribution in [3.63, 3.8) is 0 Å². The molecule has 2 rings (SSSR count). The smallest absolute Gasteiger partial charge is 0.323 e. The molecule has 0 saturated carbocycles. The third-order valence-corrected chi connectivity index (χ3v) is 2.66. The SMILES string of the molecule is CCn1c(=O)c2[nH]c(Cl)nc2n(CC(F)(F)F)c1=O. The number of aromatic amines is 1. The lowest BCUT2D eigenvalue weighted by Gasteiger charge is -2.11. The highest BCUT2D eigenvalue weighted by atomic mass is 35.5. The van der Waals surface area contributed by atoms with E-state index >= 15 is 0 Å². The number of imidazole rings is 1. The minimum absolute atomic E-state index is 0.0535. The Labute approximate surface area is 108 Å². The molecule has 19 heavy (non-hydrogen) atoms. The molecule has 0 saturated heterocycles. The number of hydrogen-bond acceptors (Lipinski definition) is 3. The Morgan fingerprint density at radius 1 is 1.32 bits per heavy atom. The molecule has 0 bridgehead atoms. The number of nitrogens with one attached hydrogen (secondary N) is 1. The Morgan fingerprint density at radius 3 is 2.47 bits per heavy atom. The van der Waals surface area contributed by atoms with Gasteiger partial charge >= 0.3 is 11.9 Å². The quantitative estimate of drug-likeness (QED) is 0.844. The maximum atomic E-state index is 12.5. The van der Waals surface area contributed by atoms with Crippen molar-refractivity contribution in [1.82, 2.24) is 19.1 Å². The van der Waals surface area contributed by atoms with Crippen molar-refractivity contribution in [3.05, 3.63) is 26.1 Å². The highest BCUT2D eigenvalue weighted by Gasteiger charge is 2.31. The fraction of sp³-hybridized carbons (Fsp3) is 0.444. The molecule has 0 radical (unpaired) electrons. The van der Waals surface area contributed by atoms with E-state index < -0.39 is 29.6 Å². The summed E-state index contributed by atoms with van der Waals surface area (Å²) in [7, 11) is 0. The summed E-state index contributed by atoms with van der Waals surface area (Å²) in [6.45, 7) is -0.115. The first-order valence-electron chi connectivity index (χ1n) is 5.20. The monoisotopic (exact) mass is 296 g/mol. The summed E-state index contributed by atoms with van der Waals surface area (Å²) in [4.78, 5) is 29.6. The Kier molecular flexibility index (Phi) is 3.17. The van der Waals surface area contributed by atoms with E-state index in [-0.39, 0.29) is 17.3 Å². The van der Waals surface area contributed by atoms with E-state index in [1.165, 1.54) is 6.92 Å². The van der Waals surface area contributed by atoms with E-state index in [0.717, 1.165) is 0 Å². The summed E-state index contributed by atoms with van der Waals surface area (Å²) in [5.74, 6) is 0. The number of halogens is 4. The third kappa shape index (κ3) is 2.37. The molecule has 0 aliphatic carbocycles. The summed E-state index contributed by atoms with van der Waals surface area (Å²) < 4.78 is 38.5. The number of hydrogen-bond donors (Lipinski definition) is 1. The first-order chi connectivity index (χ1) is 8.74. The molecule has 0 aliphatic heterocycles. The van der Waals surface area contributed by atoms with Crippen molar-refractivity contribution in [2.24, 2.45) is 0 Å². The van der Waals surface area contributed by atoms with Crippen LogP contribution in [0.15, 0.2) is 9.59 Å². The van der Waals surface area contributed by atoms with Gasteiger partial charge in [-0.25, -0.2) is 4.79 Å². The van der Waals surface area contributed by atoms with E-state index in [4.69, 9.17) is 11.6 Å². The van der Waals surface area contributed by atoms with E-state index in [1.807, 2.05) is 0 Å². The van der Waals surface area contributed by atoms with Crippen LogP contribution in [0.3, 0.4) is 0 Å². The topological polar surface area (TPSA) is 72.7 Å². The second-order valence-corrected chi connectivity index (χ2v) is 4.12. The summed E-state index contributed by atoms with van der Waals surface area (Å²) in [5, 5.41) is -0.253. The fourth-order valence-corrected chi connectivity index (χ4v) is 1.91. The summed E-state index contributed by atoms with van der Waals surface area (Å²) in [6.07, 6.45) is -4.61. The van der Waals surface area contributed by atoms with Gasteiger partial charge in [0.15, 0.2) is 11.2 Å². The molecule has 104 valence electrons. The lowest BCUT2D eigenvalue weighted by molar-refractivity contribution is -0.140. The number of H-pyrrole nitrogens is 1. The highest BCUT2D eigenvalue weighted by molar-refractivity contribution is 6.28. The highest BCUT2D eigenvalue weighted by Crippen LogP contribution is 2.19. The molecule has 6 nitrogen and oxygen atoms in total. The van der Waals surface area contributed by atoms with Crippen molar-refractivity contribution in [1.29, 1.82) is 0 Å². The molecule has 2 aromatic rings. The van der Waals surface area contributed by atoms with Gasteiger partial charge in [0.25, 0.3) is 5.56 Å². The van der Waals surface area contributed by atoms with Crippen LogP contribution in [0.1, 0.15) is 6.92 Å². The second-order valence-electron chi connectivity index (χ2n) is 3.76. The minimum Gasteiger partial charge on any atom is -0.323 e. The van der Waals surface area contributed by atoms with Crippen molar-refractivity contribution < 1.29 is 13.2 Å². The van der Waals surface area contributed by atoms with Crippen molar-refractivity contribution in [2.45, 2.75) is 26.2 Å². The van der Waals surface area contributed by atoms with E-state index in [2.05, 4.69) is 9.97 Å². The molecule has 0 atom stereocenters. The van der Waals surface area contributed by atoms with Crippen LogP contribution in [0.25, 0.3) is 11.2 Å². The van der Waals surface area contributed by atoms with E-state index in [9.17, 15) is 22.8 Å². The van der Waals surface area contributed by atoms with Crippen LogP contribution in [0, 0.1) is 0 Å². The van der Waals surface area contributed by atoms with Crippen molar-refractivity contribution in [2.75, 3.05) is 0 Å². The summed E-state index contributed by atoms with van der Waals surface area (Å²) in [5.41, 5.74) is -2.45. The van der Waals surface area contributed by atoms with Gasteiger partial charge in [0.1, 0.15) is 6.54 Å². The third-order valence-electron chi connectivity index (χ3n) is 2.49. The average molecular weight is 297 g/mol. The van der Waals surface area contributed by atoms with Gasteiger partial charge in [-0.2, -0.15) is 18.2 Å². The van der Waals surface area contributed by atoms with Crippen LogP contribution in [-0.4, -0.2) is 25.3 Å². The van der Waals surface area contributed by atoms with E-state index in [1.54, 1.807) is 0 Å². The molecule has 2 aromatic heterocycles. The van der Waals surface area contributed by atoms with E-state index in [0.29, 0.717) is 9.13 Å². The largest absolute Gasteiger partial charge is 0.406 e. The molecule has 0 spiro atoms. The van der Waals surface area contributed by atoms with Gasteiger partial charge in [-0.1, -0.05) is 0 Å². The Bertz CT molecular complexity index is 743. The van der Waals surface area contributed by atoms with Gasteiger partial charge in [0.05, 0.1) is 0 Å². The predicted octanol–water partition coefficient (Wildman–Crippen LogP) is 1.12. The molecule has 0 fully saturated rings. The van der Waals surface area contributed by atoms with Crippen LogP contribution < -0.4 is 11.2 Å². The van der Waals surface area contributed by atoms with Crippen LogP contribution >= 0.6 is 11.6 Å². The number of nitrogens with zero attached hydrogens (tertiary/aromatic N) is 3.